The van der Waals surface area contributed by atoms with Crippen LogP contribution in [0.3, 0.4) is 0 Å². The molecule has 0 aromatic heterocycles. The number of carbonyl (C=O) groups is 1. The third-order valence-electron chi connectivity index (χ3n) is 4.39. The number of piperidine rings is 1. The standard InChI is InChI=1S/C19H21NO2.ClH/c21-18(17-9-5-2-6-10-17)19(22)11-13-20(14-12-19)15-16-7-3-1-4-8-16;/h1-10,22H,11-15H2;1H. The first kappa shape index (κ1) is 17.7. The highest BCUT2D eigenvalue weighted by atomic mass is 35.5. The first-order chi connectivity index (χ1) is 10.7. The highest BCUT2D eigenvalue weighted by molar-refractivity contribution is 6.02. The largest absolute Gasteiger partial charge is 0.382 e. The zero-order valence-corrected chi connectivity index (χ0v) is 13.8. The molecule has 2 aromatic rings. The maximum absolute atomic E-state index is 12.5. The molecule has 2 aromatic carbocycles. The second-order valence-corrected chi connectivity index (χ2v) is 5.99. The fraction of sp³-hybridized carbons (Fsp3) is 0.316. The number of rotatable bonds is 4. The van der Waals surface area contributed by atoms with Gasteiger partial charge in [0.05, 0.1) is 0 Å². The molecular formula is C19H22ClNO2. The lowest BCUT2D eigenvalue weighted by molar-refractivity contribution is -0.00779. The van der Waals surface area contributed by atoms with Crippen LogP contribution in [0.25, 0.3) is 0 Å². The van der Waals surface area contributed by atoms with Crippen molar-refractivity contribution in [3.05, 3.63) is 71.8 Å². The number of aliphatic hydroxyl groups is 1. The van der Waals surface area contributed by atoms with Crippen molar-refractivity contribution in [3.63, 3.8) is 0 Å². The quantitative estimate of drug-likeness (QED) is 0.874. The van der Waals surface area contributed by atoms with Gasteiger partial charge in [0, 0.05) is 25.2 Å². The minimum atomic E-state index is -1.21. The van der Waals surface area contributed by atoms with E-state index in [1.165, 1.54) is 5.56 Å². The van der Waals surface area contributed by atoms with E-state index in [9.17, 15) is 9.90 Å². The zero-order valence-electron chi connectivity index (χ0n) is 13.0. The van der Waals surface area contributed by atoms with Gasteiger partial charge in [0.25, 0.3) is 0 Å². The summed E-state index contributed by atoms with van der Waals surface area (Å²) in [7, 11) is 0. The first-order valence-electron chi connectivity index (χ1n) is 7.76. The average molecular weight is 332 g/mol. The molecule has 1 N–H and O–H groups in total. The maximum Gasteiger partial charge on any atom is 0.194 e. The summed E-state index contributed by atoms with van der Waals surface area (Å²) in [5.74, 6) is -0.146. The van der Waals surface area contributed by atoms with Crippen molar-refractivity contribution in [1.82, 2.24) is 4.90 Å². The molecule has 1 heterocycles. The molecule has 23 heavy (non-hydrogen) atoms. The Morgan fingerprint density at radius 2 is 1.48 bits per heavy atom. The lowest BCUT2D eigenvalue weighted by Gasteiger charge is -2.37. The van der Waals surface area contributed by atoms with Crippen molar-refractivity contribution < 1.29 is 9.90 Å². The summed E-state index contributed by atoms with van der Waals surface area (Å²) in [6.45, 7) is 2.35. The van der Waals surface area contributed by atoms with E-state index >= 15 is 0 Å². The van der Waals surface area contributed by atoms with Gasteiger partial charge in [-0.2, -0.15) is 0 Å². The molecule has 0 amide bonds. The van der Waals surface area contributed by atoms with E-state index in [-0.39, 0.29) is 18.2 Å². The topological polar surface area (TPSA) is 40.5 Å². The van der Waals surface area contributed by atoms with Crippen molar-refractivity contribution in [2.45, 2.75) is 25.0 Å². The molecule has 0 saturated carbocycles. The summed E-state index contributed by atoms with van der Waals surface area (Å²) in [5, 5.41) is 10.7. The fourth-order valence-electron chi connectivity index (χ4n) is 3.01. The highest BCUT2D eigenvalue weighted by Crippen LogP contribution is 2.27. The van der Waals surface area contributed by atoms with Crippen LogP contribution in [-0.2, 0) is 6.54 Å². The summed E-state index contributed by atoms with van der Waals surface area (Å²) >= 11 is 0. The van der Waals surface area contributed by atoms with Crippen molar-refractivity contribution in [1.29, 1.82) is 0 Å². The van der Waals surface area contributed by atoms with Gasteiger partial charge in [0.2, 0.25) is 0 Å². The molecule has 0 aliphatic carbocycles. The van der Waals surface area contributed by atoms with E-state index in [0.717, 1.165) is 19.6 Å². The van der Waals surface area contributed by atoms with Gasteiger partial charge in [0.1, 0.15) is 5.60 Å². The van der Waals surface area contributed by atoms with Crippen LogP contribution in [-0.4, -0.2) is 34.5 Å². The minimum Gasteiger partial charge on any atom is -0.382 e. The number of benzene rings is 2. The summed E-state index contributed by atoms with van der Waals surface area (Å²) in [5.41, 5.74) is 0.651. The molecule has 4 heteroatoms. The predicted molar refractivity (Wildman–Crippen MR) is 93.9 cm³/mol. The number of hydrogen-bond acceptors (Lipinski definition) is 3. The monoisotopic (exact) mass is 331 g/mol. The van der Waals surface area contributed by atoms with Gasteiger partial charge in [-0.1, -0.05) is 60.7 Å². The first-order valence-corrected chi connectivity index (χ1v) is 7.76. The Morgan fingerprint density at radius 3 is 2.04 bits per heavy atom. The van der Waals surface area contributed by atoms with Gasteiger partial charge in [-0.15, -0.1) is 12.4 Å². The van der Waals surface area contributed by atoms with Crippen molar-refractivity contribution in [2.75, 3.05) is 13.1 Å². The smallest absolute Gasteiger partial charge is 0.194 e. The summed E-state index contributed by atoms with van der Waals surface area (Å²) < 4.78 is 0. The van der Waals surface area contributed by atoms with Gasteiger partial charge in [0.15, 0.2) is 5.78 Å². The molecule has 0 radical (unpaired) electrons. The number of likely N-dealkylation sites (tertiary alicyclic amines) is 1. The number of Topliss-reactive ketones (excluding diaryl/α,β-unsaturated/α-hetero) is 1. The van der Waals surface area contributed by atoms with E-state index in [4.69, 9.17) is 0 Å². The number of carbonyl (C=O) groups excluding carboxylic acids is 1. The lowest BCUT2D eigenvalue weighted by Crippen LogP contribution is -2.49. The minimum absolute atomic E-state index is 0. The van der Waals surface area contributed by atoms with E-state index in [0.29, 0.717) is 18.4 Å². The maximum atomic E-state index is 12.5. The molecule has 0 spiro atoms. The third kappa shape index (κ3) is 4.20. The van der Waals surface area contributed by atoms with Crippen LogP contribution >= 0.6 is 12.4 Å². The highest BCUT2D eigenvalue weighted by Gasteiger charge is 2.39. The number of ketones is 1. The molecule has 0 unspecified atom stereocenters. The number of halogens is 1. The Balaban J connectivity index is 0.00000192. The Labute approximate surface area is 143 Å². The Kier molecular flexibility index (Phi) is 5.94. The number of nitrogens with zero attached hydrogens (tertiary/aromatic N) is 1. The van der Waals surface area contributed by atoms with Crippen molar-refractivity contribution >= 4 is 18.2 Å². The molecule has 0 atom stereocenters. The summed E-state index contributed by atoms with van der Waals surface area (Å²) in [4.78, 5) is 14.8. The molecule has 3 rings (SSSR count). The van der Waals surface area contributed by atoms with Crippen LogP contribution in [0.5, 0.6) is 0 Å². The van der Waals surface area contributed by atoms with Crippen LogP contribution in [0.1, 0.15) is 28.8 Å². The van der Waals surface area contributed by atoms with Crippen molar-refractivity contribution in [3.8, 4) is 0 Å². The molecule has 1 aliphatic heterocycles. The second kappa shape index (κ2) is 7.73. The Morgan fingerprint density at radius 1 is 0.957 bits per heavy atom. The van der Waals surface area contributed by atoms with E-state index in [1.807, 2.05) is 36.4 Å². The van der Waals surface area contributed by atoms with Crippen LogP contribution in [0.4, 0.5) is 0 Å². The van der Waals surface area contributed by atoms with E-state index in [2.05, 4.69) is 17.0 Å². The fourth-order valence-corrected chi connectivity index (χ4v) is 3.01. The van der Waals surface area contributed by atoms with Gasteiger partial charge in [-0.3, -0.25) is 9.69 Å². The van der Waals surface area contributed by atoms with Gasteiger partial charge < -0.3 is 5.11 Å². The predicted octanol–water partition coefficient (Wildman–Crippen LogP) is 3.32. The lowest BCUT2D eigenvalue weighted by atomic mass is 9.84. The molecule has 3 nitrogen and oxygen atoms in total. The normalized spacial score (nSPS) is 17.3. The van der Waals surface area contributed by atoms with E-state index in [1.54, 1.807) is 12.1 Å². The van der Waals surface area contributed by atoms with Gasteiger partial charge >= 0.3 is 0 Å². The Hall–Kier alpha value is -1.68. The second-order valence-electron chi connectivity index (χ2n) is 5.99. The van der Waals surface area contributed by atoms with Crippen LogP contribution < -0.4 is 0 Å². The van der Waals surface area contributed by atoms with Crippen LogP contribution in [0, 0.1) is 0 Å². The Bertz CT molecular complexity index is 622. The van der Waals surface area contributed by atoms with Gasteiger partial charge in [-0.05, 0) is 18.4 Å². The molecule has 0 bridgehead atoms. The van der Waals surface area contributed by atoms with Crippen LogP contribution in [0.2, 0.25) is 0 Å². The summed E-state index contributed by atoms with van der Waals surface area (Å²) in [6.07, 6.45) is 0.987. The molecule has 122 valence electrons. The molecule has 1 fully saturated rings. The van der Waals surface area contributed by atoms with Crippen molar-refractivity contribution in [2.24, 2.45) is 0 Å². The zero-order chi connectivity index (χ0) is 15.4. The van der Waals surface area contributed by atoms with Crippen LogP contribution in [0.15, 0.2) is 60.7 Å². The SMILES string of the molecule is Cl.O=C(c1ccccc1)C1(O)CCN(Cc2ccccc2)CC1. The molecule has 1 aliphatic rings. The molecule has 1 saturated heterocycles. The van der Waals surface area contributed by atoms with E-state index < -0.39 is 5.60 Å². The third-order valence-corrected chi connectivity index (χ3v) is 4.39. The summed E-state index contributed by atoms with van der Waals surface area (Å²) in [6, 6.07) is 19.4. The van der Waals surface area contributed by atoms with Gasteiger partial charge in [-0.25, -0.2) is 0 Å². The number of hydrogen-bond donors (Lipinski definition) is 1. The average Bonchev–Trinajstić information content (AvgIpc) is 2.58. The molecular weight excluding hydrogens is 310 g/mol.